The number of azide groups is 1. The number of hydrogen-bond donors (Lipinski definition) is 2. The number of nitrogens with zero attached hydrogens (tertiary/aromatic N) is 3. The van der Waals surface area contributed by atoms with Gasteiger partial charge < -0.3 is 11.1 Å². The van der Waals surface area contributed by atoms with Crippen LogP contribution in [-0.4, -0.2) is 19.0 Å². The number of nitrogens with one attached hydrogen (secondary N) is 1. The highest BCUT2D eigenvalue weighted by atomic mass is 19.2. The Balaban J connectivity index is 2.81. The zero-order chi connectivity index (χ0) is 15.1. The second kappa shape index (κ2) is 7.37. The number of primary amides is 1. The lowest BCUT2D eigenvalue weighted by Crippen LogP contribution is -2.34. The number of carbonyl (C=O) groups is 1. The van der Waals surface area contributed by atoms with Crippen LogP contribution in [-0.2, 0) is 4.79 Å². The molecule has 0 saturated carbocycles. The fourth-order valence-electron chi connectivity index (χ4n) is 1.57. The summed E-state index contributed by atoms with van der Waals surface area (Å²) in [5, 5.41) is 5.94. The van der Waals surface area contributed by atoms with Gasteiger partial charge in [-0.2, -0.15) is 0 Å². The summed E-state index contributed by atoms with van der Waals surface area (Å²) in [7, 11) is 0. The number of amides is 1. The second-order valence-corrected chi connectivity index (χ2v) is 3.90. The van der Waals surface area contributed by atoms with Crippen LogP contribution < -0.4 is 11.1 Å². The number of hydrogen-bond acceptors (Lipinski definition) is 3. The van der Waals surface area contributed by atoms with Gasteiger partial charge in [0.25, 0.3) is 0 Å². The summed E-state index contributed by atoms with van der Waals surface area (Å²) in [4.78, 5) is 13.8. The molecule has 1 rings (SSSR count). The maximum atomic E-state index is 13.1. The van der Waals surface area contributed by atoms with Gasteiger partial charge in [0.15, 0.2) is 17.5 Å². The van der Waals surface area contributed by atoms with Crippen molar-refractivity contribution >= 4 is 5.91 Å². The van der Waals surface area contributed by atoms with E-state index >= 15 is 0 Å². The Kier molecular flexibility index (Phi) is 5.82. The molecule has 0 aliphatic carbocycles. The minimum Gasteiger partial charge on any atom is -0.368 e. The SMILES string of the molecule is [N-]=[N+]=NCCCNC(C(N)=O)c1cc(F)c(F)c(F)c1. The Morgan fingerprint density at radius 1 is 1.40 bits per heavy atom. The summed E-state index contributed by atoms with van der Waals surface area (Å²) in [6, 6.07) is 0.244. The summed E-state index contributed by atoms with van der Waals surface area (Å²) in [6.07, 6.45) is 0.403. The number of nitrogens with two attached hydrogens (primary N) is 1. The monoisotopic (exact) mass is 287 g/mol. The lowest BCUT2D eigenvalue weighted by atomic mass is 10.1. The van der Waals surface area contributed by atoms with Gasteiger partial charge in [-0.3, -0.25) is 4.79 Å². The lowest BCUT2D eigenvalue weighted by Gasteiger charge is -2.16. The Hall–Kier alpha value is -2.25. The van der Waals surface area contributed by atoms with E-state index < -0.39 is 29.4 Å². The lowest BCUT2D eigenvalue weighted by molar-refractivity contribution is -0.120. The summed E-state index contributed by atoms with van der Waals surface area (Å²) in [6.45, 7) is 0.425. The van der Waals surface area contributed by atoms with E-state index in [1.807, 2.05) is 0 Å². The molecule has 0 aliphatic heterocycles. The average Bonchev–Trinajstić information content (AvgIpc) is 2.39. The van der Waals surface area contributed by atoms with Crippen molar-refractivity contribution in [1.29, 1.82) is 0 Å². The predicted molar refractivity (Wildman–Crippen MR) is 64.9 cm³/mol. The molecule has 0 aromatic heterocycles. The molecular weight excluding hydrogens is 275 g/mol. The van der Waals surface area contributed by atoms with Gasteiger partial charge in [-0.15, -0.1) is 0 Å². The molecule has 0 aliphatic rings. The Labute approximate surface area is 112 Å². The molecular formula is C11H12F3N5O. The van der Waals surface area contributed by atoms with Crippen LogP contribution in [0.5, 0.6) is 0 Å². The zero-order valence-corrected chi connectivity index (χ0v) is 10.3. The van der Waals surface area contributed by atoms with Crippen LogP contribution in [0.4, 0.5) is 13.2 Å². The number of halogens is 3. The van der Waals surface area contributed by atoms with Crippen LogP contribution in [0.1, 0.15) is 18.0 Å². The number of carbonyl (C=O) groups excluding carboxylic acids is 1. The first-order valence-electron chi connectivity index (χ1n) is 5.65. The van der Waals surface area contributed by atoms with Gasteiger partial charge in [0.1, 0.15) is 6.04 Å². The van der Waals surface area contributed by atoms with Crippen molar-refractivity contribution in [1.82, 2.24) is 5.32 Å². The van der Waals surface area contributed by atoms with E-state index in [0.717, 1.165) is 0 Å². The molecule has 1 aromatic carbocycles. The van der Waals surface area contributed by atoms with Gasteiger partial charge in [-0.25, -0.2) is 13.2 Å². The summed E-state index contributed by atoms with van der Waals surface area (Å²) < 4.78 is 39.0. The standard InChI is InChI=1S/C11H12F3N5O/c12-7-4-6(5-8(13)9(7)14)10(11(15)20)17-2-1-3-18-19-16/h4-5,10,17H,1-3H2,(H2,15,20). The third kappa shape index (κ3) is 4.15. The van der Waals surface area contributed by atoms with Crippen LogP contribution in [0.25, 0.3) is 10.4 Å². The van der Waals surface area contributed by atoms with Crippen LogP contribution in [0, 0.1) is 17.5 Å². The van der Waals surface area contributed by atoms with E-state index in [0.29, 0.717) is 18.6 Å². The summed E-state index contributed by atoms with van der Waals surface area (Å²) >= 11 is 0. The number of rotatable bonds is 7. The van der Waals surface area contributed by atoms with Crippen molar-refractivity contribution in [2.24, 2.45) is 10.8 Å². The topological polar surface area (TPSA) is 104 Å². The smallest absolute Gasteiger partial charge is 0.239 e. The first kappa shape index (κ1) is 15.8. The fraction of sp³-hybridized carbons (Fsp3) is 0.364. The van der Waals surface area contributed by atoms with Gasteiger partial charge in [-0.1, -0.05) is 5.11 Å². The molecule has 6 nitrogen and oxygen atoms in total. The molecule has 0 fully saturated rings. The predicted octanol–water partition coefficient (Wildman–Crippen LogP) is 1.92. The van der Waals surface area contributed by atoms with E-state index in [9.17, 15) is 18.0 Å². The van der Waals surface area contributed by atoms with Crippen LogP contribution in [0.15, 0.2) is 17.2 Å². The highest BCUT2D eigenvalue weighted by molar-refractivity contribution is 5.81. The molecule has 20 heavy (non-hydrogen) atoms. The van der Waals surface area contributed by atoms with Gasteiger partial charge in [-0.05, 0) is 36.2 Å². The normalized spacial score (nSPS) is 11.8. The van der Waals surface area contributed by atoms with Crippen molar-refractivity contribution in [3.63, 3.8) is 0 Å². The first-order chi connectivity index (χ1) is 9.47. The quantitative estimate of drug-likeness (QED) is 0.263. The maximum absolute atomic E-state index is 13.1. The molecule has 1 atom stereocenters. The highest BCUT2D eigenvalue weighted by Crippen LogP contribution is 2.19. The third-order valence-corrected chi connectivity index (χ3v) is 2.47. The molecule has 1 aromatic rings. The van der Waals surface area contributed by atoms with Gasteiger partial charge in [0.2, 0.25) is 5.91 Å². The zero-order valence-electron chi connectivity index (χ0n) is 10.3. The summed E-state index contributed by atoms with van der Waals surface area (Å²) in [5.74, 6) is -5.27. The average molecular weight is 287 g/mol. The van der Waals surface area contributed by atoms with E-state index in [1.165, 1.54) is 0 Å². The molecule has 0 bridgehead atoms. The molecule has 3 N–H and O–H groups in total. The van der Waals surface area contributed by atoms with Crippen molar-refractivity contribution in [2.75, 3.05) is 13.1 Å². The molecule has 0 spiro atoms. The summed E-state index contributed by atoms with van der Waals surface area (Å²) in [5.41, 5.74) is 13.1. The van der Waals surface area contributed by atoms with Gasteiger partial charge in [0.05, 0.1) is 0 Å². The Morgan fingerprint density at radius 2 is 2.00 bits per heavy atom. The largest absolute Gasteiger partial charge is 0.368 e. The second-order valence-electron chi connectivity index (χ2n) is 3.90. The van der Waals surface area contributed by atoms with E-state index in [2.05, 4.69) is 15.3 Å². The van der Waals surface area contributed by atoms with Crippen molar-refractivity contribution < 1.29 is 18.0 Å². The third-order valence-electron chi connectivity index (χ3n) is 2.47. The first-order valence-corrected chi connectivity index (χ1v) is 5.65. The molecule has 1 unspecified atom stereocenters. The Morgan fingerprint density at radius 3 is 2.50 bits per heavy atom. The highest BCUT2D eigenvalue weighted by Gasteiger charge is 2.21. The molecule has 1 amide bonds. The fourth-order valence-corrected chi connectivity index (χ4v) is 1.57. The van der Waals surface area contributed by atoms with E-state index in [1.54, 1.807) is 0 Å². The van der Waals surface area contributed by atoms with Gasteiger partial charge in [0, 0.05) is 11.5 Å². The molecule has 0 radical (unpaired) electrons. The minimum atomic E-state index is -1.61. The van der Waals surface area contributed by atoms with E-state index in [4.69, 9.17) is 11.3 Å². The molecule has 108 valence electrons. The van der Waals surface area contributed by atoms with Crippen molar-refractivity contribution in [3.05, 3.63) is 45.6 Å². The van der Waals surface area contributed by atoms with Gasteiger partial charge >= 0.3 is 0 Å². The Bertz CT molecular complexity index is 522. The van der Waals surface area contributed by atoms with Crippen LogP contribution in [0.3, 0.4) is 0 Å². The van der Waals surface area contributed by atoms with Crippen LogP contribution in [0.2, 0.25) is 0 Å². The molecule has 0 saturated heterocycles. The van der Waals surface area contributed by atoms with Crippen LogP contribution >= 0.6 is 0 Å². The number of benzene rings is 1. The van der Waals surface area contributed by atoms with Crippen molar-refractivity contribution in [3.8, 4) is 0 Å². The van der Waals surface area contributed by atoms with E-state index in [-0.39, 0.29) is 18.7 Å². The minimum absolute atomic E-state index is 0.113. The molecule has 9 heteroatoms. The molecule has 0 heterocycles. The van der Waals surface area contributed by atoms with Crippen molar-refractivity contribution in [2.45, 2.75) is 12.5 Å². The maximum Gasteiger partial charge on any atom is 0.239 e.